The summed E-state index contributed by atoms with van der Waals surface area (Å²) in [5.41, 5.74) is 1.12. The molecule has 3 rings (SSSR count). The minimum absolute atomic E-state index is 0.0588. The number of ether oxygens (including phenoxy) is 1. The Bertz CT molecular complexity index is 825. The molecule has 0 radical (unpaired) electrons. The fraction of sp³-hybridized carbons (Fsp3) is 0.619. The van der Waals surface area contributed by atoms with E-state index >= 15 is 0 Å². The highest BCUT2D eigenvalue weighted by atomic mass is 32.2. The quantitative estimate of drug-likeness (QED) is 0.630. The number of hydrogen-bond donors (Lipinski definition) is 0. The normalized spacial score (nSPS) is 19.4. The number of hydrogen-bond acceptors (Lipinski definition) is 5. The fourth-order valence-electron chi connectivity index (χ4n) is 3.52. The highest BCUT2D eigenvalue weighted by Crippen LogP contribution is 2.27. The molecule has 8 heteroatoms. The zero-order valence-electron chi connectivity index (χ0n) is 17.2. The second kappa shape index (κ2) is 9.26. The fourth-order valence-corrected chi connectivity index (χ4v) is 4.94. The van der Waals surface area contributed by atoms with Crippen molar-refractivity contribution in [2.75, 3.05) is 32.8 Å². The Morgan fingerprint density at radius 1 is 1.10 bits per heavy atom. The lowest BCUT2D eigenvalue weighted by Gasteiger charge is -2.34. The first-order chi connectivity index (χ1) is 13.8. The number of esters is 1. The number of carbonyl (C=O) groups is 2. The monoisotopic (exact) mass is 422 g/mol. The molecule has 1 aliphatic heterocycles. The van der Waals surface area contributed by atoms with Gasteiger partial charge >= 0.3 is 5.97 Å². The lowest BCUT2D eigenvalue weighted by molar-refractivity contribution is -0.158. The smallest absolute Gasteiger partial charge is 0.309 e. The predicted octanol–water partition coefficient (Wildman–Crippen LogP) is 2.38. The third-order valence-electron chi connectivity index (χ3n) is 6.07. The summed E-state index contributed by atoms with van der Waals surface area (Å²) in [6.45, 7) is 5.01. The van der Waals surface area contributed by atoms with E-state index in [-0.39, 0.29) is 42.4 Å². The first-order valence-corrected chi connectivity index (χ1v) is 11.8. The van der Waals surface area contributed by atoms with Crippen LogP contribution in [0.2, 0.25) is 0 Å². The molecule has 1 saturated carbocycles. The van der Waals surface area contributed by atoms with E-state index in [9.17, 15) is 18.0 Å². The first-order valence-electron chi connectivity index (χ1n) is 10.4. The van der Waals surface area contributed by atoms with Crippen molar-refractivity contribution >= 4 is 21.9 Å². The van der Waals surface area contributed by atoms with Crippen LogP contribution >= 0.6 is 0 Å². The highest BCUT2D eigenvalue weighted by Gasteiger charge is 2.31. The van der Waals surface area contributed by atoms with Crippen molar-refractivity contribution < 1.29 is 22.7 Å². The average molecular weight is 423 g/mol. The van der Waals surface area contributed by atoms with Crippen LogP contribution in [0.1, 0.15) is 51.0 Å². The number of rotatable bonds is 7. The van der Waals surface area contributed by atoms with Gasteiger partial charge in [0.2, 0.25) is 10.0 Å². The molecule has 1 aliphatic carbocycles. The van der Waals surface area contributed by atoms with E-state index in [0.29, 0.717) is 19.0 Å². The average Bonchev–Trinajstić information content (AvgIpc) is 2.70. The second-order valence-electron chi connectivity index (χ2n) is 7.90. The molecule has 29 heavy (non-hydrogen) atoms. The van der Waals surface area contributed by atoms with Crippen LogP contribution < -0.4 is 0 Å². The molecule has 1 aromatic rings. The molecule has 0 aromatic heterocycles. The maximum atomic E-state index is 12.9. The van der Waals surface area contributed by atoms with Crippen LogP contribution in [-0.4, -0.2) is 62.3 Å². The minimum Gasteiger partial charge on any atom is -0.455 e. The molecule has 0 N–H and O–H groups in total. The van der Waals surface area contributed by atoms with Gasteiger partial charge < -0.3 is 9.64 Å². The number of sulfonamides is 1. The third-order valence-corrected chi connectivity index (χ3v) is 7.98. The zero-order valence-corrected chi connectivity index (χ0v) is 18.0. The van der Waals surface area contributed by atoms with Crippen LogP contribution in [-0.2, 0) is 24.3 Å². The number of benzene rings is 1. The van der Waals surface area contributed by atoms with Gasteiger partial charge in [-0.1, -0.05) is 32.4 Å². The maximum absolute atomic E-state index is 12.9. The van der Waals surface area contributed by atoms with Crippen molar-refractivity contribution in [2.45, 2.75) is 50.3 Å². The Hall–Kier alpha value is -1.93. The molecule has 0 bridgehead atoms. The molecule has 160 valence electrons. The Morgan fingerprint density at radius 3 is 2.24 bits per heavy atom. The zero-order chi connectivity index (χ0) is 21.0. The first kappa shape index (κ1) is 21.8. The Balaban J connectivity index is 1.52. The largest absolute Gasteiger partial charge is 0.455 e. The molecule has 1 atom stereocenters. The molecule has 1 amide bonds. The number of piperazine rings is 1. The van der Waals surface area contributed by atoms with Crippen molar-refractivity contribution in [3.05, 3.63) is 29.8 Å². The van der Waals surface area contributed by atoms with E-state index in [1.807, 2.05) is 12.1 Å². The summed E-state index contributed by atoms with van der Waals surface area (Å²) in [5.74, 6) is -0.240. The molecule has 1 saturated heterocycles. The maximum Gasteiger partial charge on any atom is 0.309 e. The summed E-state index contributed by atoms with van der Waals surface area (Å²) in [5, 5.41) is 0. The van der Waals surface area contributed by atoms with Gasteiger partial charge in [0.1, 0.15) is 0 Å². The summed E-state index contributed by atoms with van der Waals surface area (Å²) < 4.78 is 32.3. The van der Waals surface area contributed by atoms with Crippen molar-refractivity contribution in [2.24, 2.45) is 5.92 Å². The summed E-state index contributed by atoms with van der Waals surface area (Å²) in [6, 6.07) is 7.07. The van der Waals surface area contributed by atoms with Gasteiger partial charge in [0.05, 0.1) is 10.8 Å². The van der Waals surface area contributed by atoms with Gasteiger partial charge in [0, 0.05) is 26.2 Å². The molecule has 0 spiro atoms. The van der Waals surface area contributed by atoms with Gasteiger partial charge in [-0.15, -0.1) is 0 Å². The number of carbonyl (C=O) groups excluding carboxylic acids is 2. The number of amides is 1. The third kappa shape index (κ3) is 4.98. The standard InChI is InChI=1S/C21H30N2O5S/c1-3-16(2)17-7-9-19(10-8-17)29(26,27)23-13-11-22(12-14-23)20(24)15-28-21(25)18-5-4-6-18/h7-10,16,18H,3-6,11-15H2,1-2H3/t16-/m1/s1. The molecule has 0 unspecified atom stereocenters. The summed E-state index contributed by atoms with van der Waals surface area (Å²) >= 11 is 0. The molecule has 1 aromatic carbocycles. The van der Waals surface area contributed by atoms with Gasteiger partial charge in [-0.3, -0.25) is 9.59 Å². The van der Waals surface area contributed by atoms with E-state index < -0.39 is 10.0 Å². The van der Waals surface area contributed by atoms with E-state index in [1.54, 1.807) is 17.0 Å². The predicted molar refractivity (Wildman–Crippen MR) is 109 cm³/mol. The van der Waals surface area contributed by atoms with Crippen molar-refractivity contribution in [3.63, 3.8) is 0 Å². The van der Waals surface area contributed by atoms with E-state index in [1.165, 1.54) is 4.31 Å². The van der Waals surface area contributed by atoms with Crippen LogP contribution in [0.5, 0.6) is 0 Å². The topological polar surface area (TPSA) is 84.0 Å². The van der Waals surface area contributed by atoms with Crippen LogP contribution in [0.15, 0.2) is 29.2 Å². The van der Waals surface area contributed by atoms with E-state index in [2.05, 4.69) is 13.8 Å². The van der Waals surface area contributed by atoms with Crippen molar-refractivity contribution in [1.82, 2.24) is 9.21 Å². The second-order valence-corrected chi connectivity index (χ2v) is 9.84. The van der Waals surface area contributed by atoms with Crippen LogP contribution in [0.4, 0.5) is 0 Å². The number of nitrogens with zero attached hydrogens (tertiary/aromatic N) is 2. The minimum atomic E-state index is -3.58. The Morgan fingerprint density at radius 2 is 1.72 bits per heavy atom. The summed E-state index contributed by atoms with van der Waals surface area (Å²) in [7, 11) is -3.58. The van der Waals surface area contributed by atoms with E-state index in [0.717, 1.165) is 31.2 Å². The molecule has 2 aliphatic rings. The van der Waals surface area contributed by atoms with Gasteiger partial charge in [0.15, 0.2) is 6.61 Å². The molecule has 1 heterocycles. The van der Waals surface area contributed by atoms with Gasteiger partial charge in [0.25, 0.3) is 5.91 Å². The molecular formula is C21H30N2O5S. The van der Waals surface area contributed by atoms with Gasteiger partial charge in [-0.2, -0.15) is 4.31 Å². The Labute approximate surface area is 173 Å². The van der Waals surface area contributed by atoms with Crippen molar-refractivity contribution in [3.8, 4) is 0 Å². The van der Waals surface area contributed by atoms with Crippen LogP contribution in [0, 0.1) is 5.92 Å². The SMILES string of the molecule is CC[C@@H](C)c1ccc(S(=O)(=O)N2CCN(C(=O)COC(=O)C3CCC3)CC2)cc1. The van der Waals surface area contributed by atoms with Crippen molar-refractivity contribution in [1.29, 1.82) is 0 Å². The summed E-state index contributed by atoms with van der Waals surface area (Å²) in [6.07, 6.45) is 3.70. The van der Waals surface area contributed by atoms with Gasteiger partial charge in [-0.25, -0.2) is 8.42 Å². The Kier molecular flexibility index (Phi) is 6.95. The molecular weight excluding hydrogens is 392 g/mol. The summed E-state index contributed by atoms with van der Waals surface area (Å²) in [4.78, 5) is 25.9. The lowest BCUT2D eigenvalue weighted by Crippen LogP contribution is -2.51. The molecule has 2 fully saturated rings. The van der Waals surface area contributed by atoms with Gasteiger partial charge in [-0.05, 0) is 42.9 Å². The lowest BCUT2D eigenvalue weighted by atomic mass is 9.86. The van der Waals surface area contributed by atoms with Crippen LogP contribution in [0.3, 0.4) is 0 Å². The molecule has 7 nitrogen and oxygen atoms in total. The van der Waals surface area contributed by atoms with E-state index in [4.69, 9.17) is 4.74 Å². The van der Waals surface area contributed by atoms with Crippen LogP contribution in [0.25, 0.3) is 0 Å². The highest BCUT2D eigenvalue weighted by molar-refractivity contribution is 7.89.